The summed E-state index contributed by atoms with van der Waals surface area (Å²) in [7, 11) is 0. The topological polar surface area (TPSA) is 57.6 Å². The van der Waals surface area contributed by atoms with Gasteiger partial charge in [-0.1, -0.05) is 12.8 Å². The second-order valence-corrected chi connectivity index (χ2v) is 8.31. The fraction of sp³-hybridized carbons (Fsp3) is 0.667. The number of rotatable bonds is 3. The van der Waals surface area contributed by atoms with Crippen LogP contribution in [0, 0.1) is 18.8 Å². The van der Waals surface area contributed by atoms with Crippen molar-refractivity contribution in [2.75, 3.05) is 0 Å². The number of amides is 1. The summed E-state index contributed by atoms with van der Waals surface area (Å²) in [5.41, 5.74) is 1.27. The molecule has 1 amide bonds. The summed E-state index contributed by atoms with van der Waals surface area (Å²) in [6.45, 7) is 2.10. The standard InChI is InChI=1S/C18H23NO3S/c1-10-6-7-23-16(10)12-9-13(12)17(20)19-14-5-3-2-4-11(14)8-15(19)18(21)22/h6-7,11-15H,2-5,8-9H2,1H3,(H,21,22). The van der Waals surface area contributed by atoms with Crippen molar-refractivity contribution in [3.8, 4) is 0 Å². The van der Waals surface area contributed by atoms with Crippen molar-refractivity contribution in [1.29, 1.82) is 0 Å². The zero-order valence-electron chi connectivity index (χ0n) is 13.4. The Bertz CT molecular complexity index is 640. The van der Waals surface area contributed by atoms with E-state index in [1.54, 1.807) is 16.2 Å². The quantitative estimate of drug-likeness (QED) is 0.922. The molecule has 2 heterocycles. The molecular weight excluding hydrogens is 310 g/mol. The molecule has 0 spiro atoms. The molecule has 0 radical (unpaired) electrons. The summed E-state index contributed by atoms with van der Waals surface area (Å²) in [4.78, 5) is 27.8. The number of hydrogen-bond acceptors (Lipinski definition) is 3. The molecular formula is C18H23NO3S. The summed E-state index contributed by atoms with van der Waals surface area (Å²) >= 11 is 1.73. The van der Waals surface area contributed by atoms with Crippen LogP contribution in [0.1, 0.15) is 54.9 Å². The predicted molar refractivity (Wildman–Crippen MR) is 88.5 cm³/mol. The molecule has 0 bridgehead atoms. The van der Waals surface area contributed by atoms with E-state index in [2.05, 4.69) is 18.4 Å². The van der Waals surface area contributed by atoms with Crippen molar-refractivity contribution in [1.82, 2.24) is 4.90 Å². The highest BCUT2D eigenvalue weighted by Crippen LogP contribution is 2.53. The fourth-order valence-electron chi connectivity index (χ4n) is 4.71. The number of hydrogen-bond donors (Lipinski definition) is 1. The Labute approximate surface area is 140 Å². The van der Waals surface area contributed by atoms with Gasteiger partial charge in [0.1, 0.15) is 6.04 Å². The highest BCUT2D eigenvalue weighted by atomic mass is 32.1. The average molecular weight is 333 g/mol. The van der Waals surface area contributed by atoms with Crippen LogP contribution in [0.5, 0.6) is 0 Å². The minimum atomic E-state index is -0.822. The Balaban J connectivity index is 1.54. The van der Waals surface area contributed by atoms with E-state index < -0.39 is 12.0 Å². The van der Waals surface area contributed by atoms with Crippen LogP contribution in [0.4, 0.5) is 0 Å². The van der Waals surface area contributed by atoms with E-state index in [-0.39, 0.29) is 17.9 Å². The second kappa shape index (κ2) is 5.62. The summed E-state index contributed by atoms with van der Waals surface area (Å²) in [5.74, 6) is 0.00536. The first-order valence-corrected chi connectivity index (χ1v) is 9.55. The smallest absolute Gasteiger partial charge is 0.326 e. The van der Waals surface area contributed by atoms with Crippen molar-refractivity contribution >= 4 is 23.2 Å². The average Bonchev–Trinajstić information content (AvgIpc) is 3.04. The zero-order valence-corrected chi connectivity index (χ0v) is 14.2. The van der Waals surface area contributed by atoms with Gasteiger partial charge in [-0.15, -0.1) is 11.3 Å². The third-order valence-corrected chi connectivity index (χ3v) is 7.12. The largest absolute Gasteiger partial charge is 0.480 e. The van der Waals surface area contributed by atoms with Crippen LogP contribution in [0.15, 0.2) is 11.4 Å². The molecule has 5 atom stereocenters. The molecule has 3 aliphatic rings. The number of thiophene rings is 1. The fourth-order valence-corrected chi connectivity index (χ4v) is 5.82. The molecule has 1 N–H and O–H groups in total. The third-order valence-electron chi connectivity index (χ3n) is 5.97. The van der Waals surface area contributed by atoms with E-state index in [1.165, 1.54) is 16.9 Å². The van der Waals surface area contributed by atoms with E-state index >= 15 is 0 Å². The van der Waals surface area contributed by atoms with Crippen LogP contribution < -0.4 is 0 Å². The van der Waals surface area contributed by atoms with Gasteiger partial charge < -0.3 is 10.0 Å². The van der Waals surface area contributed by atoms with Crippen LogP contribution in [0.25, 0.3) is 0 Å². The molecule has 1 aromatic rings. The van der Waals surface area contributed by atoms with Gasteiger partial charge >= 0.3 is 5.97 Å². The Hall–Kier alpha value is -1.36. The van der Waals surface area contributed by atoms with Crippen LogP contribution in [-0.4, -0.2) is 34.0 Å². The molecule has 1 aliphatic heterocycles. The van der Waals surface area contributed by atoms with E-state index in [4.69, 9.17) is 0 Å². The number of carboxylic acid groups (broad SMARTS) is 1. The number of carbonyl (C=O) groups is 2. The molecule has 4 nitrogen and oxygen atoms in total. The molecule has 5 unspecified atom stereocenters. The van der Waals surface area contributed by atoms with E-state index in [9.17, 15) is 14.7 Å². The van der Waals surface area contributed by atoms with Gasteiger partial charge in [0.05, 0.1) is 0 Å². The Morgan fingerprint density at radius 2 is 2.04 bits per heavy atom. The predicted octanol–water partition coefficient (Wildman–Crippen LogP) is 3.40. The molecule has 4 rings (SSSR count). The Kier molecular flexibility index (Phi) is 3.71. The maximum atomic E-state index is 13.1. The minimum Gasteiger partial charge on any atom is -0.480 e. The van der Waals surface area contributed by atoms with Gasteiger partial charge in [0.15, 0.2) is 0 Å². The van der Waals surface area contributed by atoms with Gasteiger partial charge in [0.2, 0.25) is 5.91 Å². The maximum Gasteiger partial charge on any atom is 0.326 e. The third kappa shape index (κ3) is 2.49. The molecule has 5 heteroatoms. The molecule has 23 heavy (non-hydrogen) atoms. The SMILES string of the molecule is Cc1ccsc1C1CC1C(=O)N1C(C(=O)O)CC2CCCCC21. The molecule has 124 valence electrons. The molecule has 3 fully saturated rings. The number of carbonyl (C=O) groups excluding carboxylic acids is 1. The first-order chi connectivity index (χ1) is 11.1. The number of likely N-dealkylation sites (tertiary alicyclic amines) is 1. The molecule has 2 saturated carbocycles. The van der Waals surface area contributed by atoms with Gasteiger partial charge in [-0.05, 0) is 55.5 Å². The van der Waals surface area contributed by atoms with Gasteiger partial charge in [0, 0.05) is 22.8 Å². The van der Waals surface area contributed by atoms with E-state index in [0.717, 1.165) is 25.7 Å². The van der Waals surface area contributed by atoms with Crippen molar-refractivity contribution in [3.63, 3.8) is 0 Å². The Morgan fingerprint density at radius 3 is 2.74 bits per heavy atom. The van der Waals surface area contributed by atoms with Crippen molar-refractivity contribution in [2.24, 2.45) is 11.8 Å². The molecule has 0 aromatic carbocycles. The number of nitrogens with zero attached hydrogens (tertiary/aromatic N) is 1. The normalized spacial score (nSPS) is 35.9. The van der Waals surface area contributed by atoms with E-state index in [0.29, 0.717) is 18.3 Å². The second-order valence-electron chi connectivity index (χ2n) is 7.36. The van der Waals surface area contributed by atoms with Gasteiger partial charge in [-0.25, -0.2) is 4.79 Å². The number of aliphatic carboxylic acids is 1. The van der Waals surface area contributed by atoms with Crippen molar-refractivity contribution in [2.45, 2.75) is 63.5 Å². The summed E-state index contributed by atoms with van der Waals surface area (Å²) in [6, 6.07) is 1.68. The van der Waals surface area contributed by atoms with Crippen LogP contribution in [0.3, 0.4) is 0 Å². The summed E-state index contributed by atoms with van der Waals surface area (Å²) < 4.78 is 0. The molecule has 1 aromatic heterocycles. The van der Waals surface area contributed by atoms with Crippen LogP contribution in [0.2, 0.25) is 0 Å². The minimum absolute atomic E-state index is 0.00914. The van der Waals surface area contributed by atoms with Crippen LogP contribution >= 0.6 is 11.3 Å². The zero-order chi connectivity index (χ0) is 16.1. The Morgan fingerprint density at radius 1 is 1.26 bits per heavy atom. The summed E-state index contributed by atoms with van der Waals surface area (Å²) in [6.07, 6.45) is 5.90. The van der Waals surface area contributed by atoms with Crippen LogP contribution in [-0.2, 0) is 9.59 Å². The van der Waals surface area contributed by atoms with E-state index in [1.807, 2.05) is 0 Å². The highest BCUT2D eigenvalue weighted by molar-refractivity contribution is 7.10. The first-order valence-electron chi connectivity index (χ1n) is 8.67. The summed E-state index contributed by atoms with van der Waals surface area (Å²) in [5, 5.41) is 11.7. The van der Waals surface area contributed by atoms with Gasteiger partial charge in [0.25, 0.3) is 0 Å². The molecule has 2 aliphatic carbocycles. The van der Waals surface area contributed by atoms with Crippen molar-refractivity contribution < 1.29 is 14.7 Å². The van der Waals surface area contributed by atoms with Gasteiger partial charge in [-0.2, -0.15) is 0 Å². The maximum absolute atomic E-state index is 13.1. The molecule has 1 saturated heterocycles. The number of carboxylic acids is 1. The number of aryl methyl sites for hydroxylation is 1. The monoisotopic (exact) mass is 333 g/mol. The number of fused-ring (bicyclic) bond motifs is 1. The lowest BCUT2D eigenvalue weighted by Gasteiger charge is -2.33. The van der Waals surface area contributed by atoms with Crippen molar-refractivity contribution in [3.05, 3.63) is 21.9 Å². The first kappa shape index (κ1) is 15.2. The highest BCUT2D eigenvalue weighted by Gasteiger charge is 2.54. The lowest BCUT2D eigenvalue weighted by atomic mass is 9.84. The van der Waals surface area contributed by atoms with Gasteiger partial charge in [-0.3, -0.25) is 4.79 Å². The lowest BCUT2D eigenvalue weighted by molar-refractivity contribution is -0.150. The lowest BCUT2D eigenvalue weighted by Crippen LogP contribution is -2.47.